The Balaban J connectivity index is 2.11. The molecule has 1 heterocycles. The summed E-state index contributed by atoms with van der Waals surface area (Å²) in [6, 6.07) is 5.28. The van der Waals surface area contributed by atoms with E-state index in [0.29, 0.717) is 6.04 Å². The summed E-state index contributed by atoms with van der Waals surface area (Å²) in [7, 11) is 4.25. The van der Waals surface area contributed by atoms with E-state index in [9.17, 15) is 4.39 Å². The van der Waals surface area contributed by atoms with Crippen LogP contribution in [0.1, 0.15) is 5.56 Å². The molecule has 1 aromatic rings. The van der Waals surface area contributed by atoms with Crippen LogP contribution in [0.3, 0.4) is 0 Å². The highest BCUT2D eigenvalue weighted by Gasteiger charge is 2.29. The van der Waals surface area contributed by atoms with Gasteiger partial charge in [-0.3, -0.25) is 16.2 Å². The monoisotopic (exact) mass is 344 g/mol. The second-order valence-electron chi connectivity index (χ2n) is 5.52. The first kappa shape index (κ1) is 15.9. The second-order valence-corrected chi connectivity index (χ2v) is 6.38. The highest BCUT2D eigenvalue weighted by molar-refractivity contribution is 9.10. The Hall–Kier alpha value is -0.530. The van der Waals surface area contributed by atoms with Crippen molar-refractivity contribution in [2.24, 2.45) is 5.84 Å². The summed E-state index contributed by atoms with van der Waals surface area (Å²) in [6.07, 6.45) is 0.764. The molecule has 1 aromatic carbocycles. The molecule has 6 heteroatoms. The van der Waals surface area contributed by atoms with Gasteiger partial charge in [-0.1, -0.05) is 22.0 Å². The van der Waals surface area contributed by atoms with Gasteiger partial charge in [0.2, 0.25) is 0 Å². The number of rotatable bonds is 4. The van der Waals surface area contributed by atoms with Crippen LogP contribution >= 0.6 is 15.9 Å². The summed E-state index contributed by atoms with van der Waals surface area (Å²) in [4.78, 5) is 4.65. The van der Waals surface area contributed by atoms with Gasteiger partial charge >= 0.3 is 0 Å². The minimum Gasteiger partial charge on any atom is -0.303 e. The van der Waals surface area contributed by atoms with Crippen LogP contribution in [-0.4, -0.2) is 55.6 Å². The quantitative estimate of drug-likeness (QED) is 0.636. The van der Waals surface area contributed by atoms with Crippen molar-refractivity contribution < 1.29 is 4.39 Å². The number of halogens is 2. The third kappa shape index (κ3) is 3.77. The maximum atomic E-state index is 13.1. The minimum atomic E-state index is -0.229. The molecule has 1 saturated heterocycles. The molecule has 0 amide bonds. The average Bonchev–Trinajstić information content (AvgIpc) is 2.41. The smallest absolute Gasteiger partial charge is 0.124 e. The van der Waals surface area contributed by atoms with E-state index in [4.69, 9.17) is 5.84 Å². The van der Waals surface area contributed by atoms with Crippen LogP contribution in [0.5, 0.6) is 0 Å². The van der Waals surface area contributed by atoms with Gasteiger partial charge in [-0.2, -0.15) is 0 Å². The van der Waals surface area contributed by atoms with Crippen LogP contribution in [0, 0.1) is 5.82 Å². The topological polar surface area (TPSA) is 44.5 Å². The predicted molar refractivity (Wildman–Crippen MR) is 82.8 cm³/mol. The zero-order valence-electron chi connectivity index (χ0n) is 11.9. The highest BCUT2D eigenvalue weighted by Crippen LogP contribution is 2.21. The third-order valence-electron chi connectivity index (χ3n) is 4.03. The van der Waals surface area contributed by atoms with Crippen molar-refractivity contribution in [3.05, 3.63) is 34.1 Å². The number of hydrogen-bond acceptors (Lipinski definition) is 4. The molecule has 0 aliphatic carbocycles. The van der Waals surface area contributed by atoms with Crippen LogP contribution in [0.25, 0.3) is 0 Å². The van der Waals surface area contributed by atoms with Crippen molar-refractivity contribution in [2.75, 3.05) is 33.7 Å². The summed E-state index contributed by atoms with van der Waals surface area (Å²) in [5, 5.41) is 0. The van der Waals surface area contributed by atoms with Crippen molar-refractivity contribution in [3.63, 3.8) is 0 Å². The van der Waals surface area contributed by atoms with Gasteiger partial charge in [-0.15, -0.1) is 0 Å². The summed E-state index contributed by atoms with van der Waals surface area (Å²) < 4.78 is 13.9. The molecular weight excluding hydrogens is 323 g/mol. The van der Waals surface area contributed by atoms with Gasteiger partial charge in [-0.05, 0) is 38.2 Å². The first-order valence-corrected chi connectivity index (χ1v) is 7.59. The number of hydrazine groups is 1. The van der Waals surface area contributed by atoms with Gasteiger partial charge in [0.25, 0.3) is 0 Å². The van der Waals surface area contributed by atoms with Gasteiger partial charge in [-0.25, -0.2) is 4.39 Å². The van der Waals surface area contributed by atoms with Crippen LogP contribution in [-0.2, 0) is 6.42 Å². The number of nitrogens with zero attached hydrogens (tertiary/aromatic N) is 2. The number of piperazine rings is 1. The Morgan fingerprint density at radius 3 is 2.85 bits per heavy atom. The molecule has 1 fully saturated rings. The Morgan fingerprint density at radius 1 is 1.45 bits per heavy atom. The molecule has 1 aliphatic rings. The number of benzene rings is 1. The summed E-state index contributed by atoms with van der Waals surface area (Å²) >= 11 is 3.42. The van der Waals surface area contributed by atoms with E-state index in [1.807, 2.05) is 6.07 Å². The Labute approximate surface area is 128 Å². The molecule has 0 aromatic heterocycles. The van der Waals surface area contributed by atoms with Crippen molar-refractivity contribution >= 4 is 15.9 Å². The van der Waals surface area contributed by atoms with Gasteiger partial charge < -0.3 is 4.90 Å². The fourth-order valence-corrected chi connectivity index (χ4v) is 3.22. The van der Waals surface area contributed by atoms with Crippen LogP contribution < -0.4 is 11.3 Å². The molecule has 4 nitrogen and oxygen atoms in total. The van der Waals surface area contributed by atoms with E-state index >= 15 is 0 Å². The maximum Gasteiger partial charge on any atom is 0.124 e. The molecule has 2 unspecified atom stereocenters. The molecule has 20 heavy (non-hydrogen) atoms. The first-order valence-electron chi connectivity index (χ1n) is 6.80. The number of nitrogens with one attached hydrogen (secondary N) is 1. The standard InChI is InChI=1S/C14H22BrFN4/c1-19-5-6-20(2)14(9-19)13(18-17)7-10-3-4-11(16)8-12(10)15/h3-4,8,13-14,18H,5-7,9,17H2,1-2H3. The summed E-state index contributed by atoms with van der Waals surface area (Å²) in [5.74, 6) is 5.53. The van der Waals surface area contributed by atoms with Gasteiger partial charge in [0.15, 0.2) is 0 Å². The number of nitrogens with two attached hydrogens (primary N) is 1. The molecule has 2 rings (SSSR count). The molecular formula is C14H22BrFN4. The number of hydrogen-bond donors (Lipinski definition) is 2. The highest BCUT2D eigenvalue weighted by atomic mass is 79.9. The lowest BCUT2D eigenvalue weighted by molar-refractivity contribution is 0.0876. The second kappa shape index (κ2) is 6.95. The maximum absolute atomic E-state index is 13.1. The third-order valence-corrected chi connectivity index (χ3v) is 4.77. The summed E-state index contributed by atoms with van der Waals surface area (Å²) in [5.41, 5.74) is 4.00. The molecule has 0 bridgehead atoms. The van der Waals surface area contributed by atoms with Gasteiger partial charge in [0.1, 0.15) is 5.82 Å². The van der Waals surface area contributed by atoms with Crippen molar-refractivity contribution in [2.45, 2.75) is 18.5 Å². The van der Waals surface area contributed by atoms with E-state index in [-0.39, 0.29) is 11.9 Å². The molecule has 2 atom stereocenters. The lowest BCUT2D eigenvalue weighted by atomic mass is 9.97. The van der Waals surface area contributed by atoms with Gasteiger partial charge in [0, 0.05) is 36.2 Å². The fraction of sp³-hybridized carbons (Fsp3) is 0.571. The van der Waals surface area contributed by atoms with E-state index < -0.39 is 0 Å². The molecule has 0 saturated carbocycles. The average molecular weight is 345 g/mol. The largest absolute Gasteiger partial charge is 0.303 e. The van der Waals surface area contributed by atoms with E-state index in [1.165, 1.54) is 12.1 Å². The summed E-state index contributed by atoms with van der Waals surface area (Å²) in [6.45, 7) is 3.08. The Bertz CT molecular complexity index is 457. The lowest BCUT2D eigenvalue weighted by Gasteiger charge is -2.41. The Kier molecular flexibility index (Phi) is 5.51. The van der Waals surface area contributed by atoms with E-state index in [2.05, 4.69) is 45.3 Å². The number of likely N-dealkylation sites (N-methyl/N-ethyl adjacent to an activating group) is 2. The zero-order valence-corrected chi connectivity index (χ0v) is 13.5. The van der Waals surface area contributed by atoms with Crippen LogP contribution in [0.15, 0.2) is 22.7 Å². The molecule has 3 N–H and O–H groups in total. The first-order chi connectivity index (χ1) is 9.51. The zero-order chi connectivity index (χ0) is 14.7. The van der Waals surface area contributed by atoms with Crippen LogP contribution in [0.4, 0.5) is 4.39 Å². The SMILES string of the molecule is CN1CCN(C)C(C(Cc2ccc(F)cc2Br)NN)C1. The van der Waals surface area contributed by atoms with Gasteiger partial charge in [0.05, 0.1) is 0 Å². The Morgan fingerprint density at radius 2 is 2.20 bits per heavy atom. The molecule has 1 aliphatic heterocycles. The molecule has 0 spiro atoms. The lowest BCUT2D eigenvalue weighted by Crippen LogP contribution is -2.60. The predicted octanol–water partition coefficient (Wildman–Crippen LogP) is 1.21. The normalized spacial score (nSPS) is 22.9. The van der Waals surface area contributed by atoms with Crippen LogP contribution in [0.2, 0.25) is 0 Å². The molecule has 112 valence electrons. The minimum absolute atomic E-state index is 0.129. The van der Waals surface area contributed by atoms with E-state index in [1.54, 1.807) is 0 Å². The van der Waals surface area contributed by atoms with Crippen molar-refractivity contribution in [3.8, 4) is 0 Å². The molecule has 0 radical (unpaired) electrons. The van der Waals surface area contributed by atoms with Crippen molar-refractivity contribution in [1.82, 2.24) is 15.2 Å². The fourth-order valence-electron chi connectivity index (χ4n) is 2.71. The van der Waals surface area contributed by atoms with E-state index in [0.717, 1.165) is 36.1 Å². The van der Waals surface area contributed by atoms with Crippen molar-refractivity contribution in [1.29, 1.82) is 0 Å².